The van der Waals surface area contributed by atoms with Crippen molar-refractivity contribution in [2.75, 3.05) is 7.11 Å². The standard InChI is InChI=1S/C16H21N3O/c1-10-6-13(20-3)7-11(2)16(10)14-9-19-8-12(17)4-5-15(19)18-14/h6-7,9,12H,4-5,8,17H2,1-3H3. The van der Waals surface area contributed by atoms with Crippen LogP contribution in [0.4, 0.5) is 0 Å². The van der Waals surface area contributed by atoms with E-state index in [9.17, 15) is 0 Å². The number of hydrogen-bond donors (Lipinski definition) is 1. The minimum atomic E-state index is 0.252. The summed E-state index contributed by atoms with van der Waals surface area (Å²) < 4.78 is 7.52. The lowest BCUT2D eigenvalue weighted by Gasteiger charge is -2.19. The molecule has 20 heavy (non-hydrogen) atoms. The Bertz CT molecular complexity index is 622. The van der Waals surface area contributed by atoms with Crippen LogP contribution < -0.4 is 10.5 Å². The molecule has 0 saturated carbocycles. The van der Waals surface area contributed by atoms with Gasteiger partial charge in [-0.2, -0.15) is 0 Å². The van der Waals surface area contributed by atoms with Gasteiger partial charge in [0.1, 0.15) is 11.6 Å². The summed E-state index contributed by atoms with van der Waals surface area (Å²) in [6.07, 6.45) is 4.13. The van der Waals surface area contributed by atoms with Gasteiger partial charge in [-0.05, 0) is 43.5 Å². The van der Waals surface area contributed by atoms with E-state index in [1.165, 1.54) is 16.7 Å². The molecule has 2 aromatic rings. The minimum absolute atomic E-state index is 0.252. The number of ether oxygens (including phenoxy) is 1. The molecule has 3 rings (SSSR count). The fourth-order valence-electron chi connectivity index (χ4n) is 3.04. The predicted molar refractivity (Wildman–Crippen MR) is 80.0 cm³/mol. The van der Waals surface area contributed by atoms with Crippen molar-refractivity contribution >= 4 is 0 Å². The molecule has 2 heterocycles. The highest BCUT2D eigenvalue weighted by Gasteiger charge is 2.19. The zero-order chi connectivity index (χ0) is 14.3. The molecule has 0 bridgehead atoms. The molecule has 1 aliphatic heterocycles. The molecular weight excluding hydrogens is 250 g/mol. The molecule has 1 aromatic heterocycles. The van der Waals surface area contributed by atoms with Crippen molar-refractivity contribution in [3.05, 3.63) is 35.3 Å². The number of hydrogen-bond acceptors (Lipinski definition) is 3. The van der Waals surface area contributed by atoms with E-state index in [0.29, 0.717) is 0 Å². The van der Waals surface area contributed by atoms with Crippen LogP contribution in [0.1, 0.15) is 23.4 Å². The Morgan fingerprint density at radius 1 is 1.30 bits per heavy atom. The first-order chi connectivity index (χ1) is 9.58. The van der Waals surface area contributed by atoms with E-state index in [2.05, 4.69) is 36.7 Å². The van der Waals surface area contributed by atoms with E-state index in [0.717, 1.165) is 36.7 Å². The maximum atomic E-state index is 6.03. The van der Waals surface area contributed by atoms with Gasteiger partial charge in [0.25, 0.3) is 0 Å². The Hall–Kier alpha value is -1.81. The molecule has 106 valence electrons. The molecule has 1 unspecified atom stereocenters. The number of imidazole rings is 1. The van der Waals surface area contributed by atoms with Crippen LogP contribution in [0.3, 0.4) is 0 Å². The molecule has 1 aliphatic rings. The lowest BCUT2D eigenvalue weighted by molar-refractivity contribution is 0.414. The first-order valence-electron chi connectivity index (χ1n) is 7.05. The number of rotatable bonds is 2. The number of nitrogens with two attached hydrogens (primary N) is 1. The Balaban J connectivity index is 2.06. The fourth-order valence-corrected chi connectivity index (χ4v) is 3.04. The number of benzene rings is 1. The second-order valence-corrected chi connectivity index (χ2v) is 5.63. The van der Waals surface area contributed by atoms with E-state index in [4.69, 9.17) is 15.5 Å². The number of methoxy groups -OCH3 is 1. The van der Waals surface area contributed by atoms with Crippen LogP contribution in [0.15, 0.2) is 18.3 Å². The highest BCUT2D eigenvalue weighted by Crippen LogP contribution is 2.31. The summed E-state index contributed by atoms with van der Waals surface area (Å²) in [6.45, 7) is 5.08. The maximum absolute atomic E-state index is 6.03. The smallest absolute Gasteiger partial charge is 0.119 e. The van der Waals surface area contributed by atoms with Crippen LogP contribution in [0.5, 0.6) is 5.75 Å². The minimum Gasteiger partial charge on any atom is -0.497 e. The molecule has 4 nitrogen and oxygen atoms in total. The van der Waals surface area contributed by atoms with Crippen LogP contribution in [0.25, 0.3) is 11.3 Å². The van der Waals surface area contributed by atoms with Crippen LogP contribution in [-0.2, 0) is 13.0 Å². The van der Waals surface area contributed by atoms with Crippen LogP contribution in [0, 0.1) is 13.8 Å². The topological polar surface area (TPSA) is 53.1 Å². The summed E-state index contributed by atoms with van der Waals surface area (Å²) >= 11 is 0. The van der Waals surface area contributed by atoms with Crippen LogP contribution in [0.2, 0.25) is 0 Å². The highest BCUT2D eigenvalue weighted by atomic mass is 16.5. The van der Waals surface area contributed by atoms with E-state index in [1.54, 1.807) is 7.11 Å². The molecule has 2 N–H and O–H groups in total. The van der Waals surface area contributed by atoms with Crippen molar-refractivity contribution in [1.82, 2.24) is 9.55 Å². The summed E-state index contributed by atoms with van der Waals surface area (Å²) in [7, 11) is 1.70. The maximum Gasteiger partial charge on any atom is 0.119 e. The lowest BCUT2D eigenvalue weighted by Crippen LogP contribution is -2.31. The second kappa shape index (κ2) is 4.94. The van der Waals surface area contributed by atoms with Crippen molar-refractivity contribution < 1.29 is 4.74 Å². The molecule has 0 spiro atoms. The summed E-state index contributed by atoms with van der Waals surface area (Å²) in [5, 5.41) is 0. The summed E-state index contributed by atoms with van der Waals surface area (Å²) in [6, 6.07) is 4.38. The Kier molecular flexibility index (Phi) is 3.26. The van der Waals surface area contributed by atoms with Gasteiger partial charge in [0.15, 0.2) is 0 Å². The largest absolute Gasteiger partial charge is 0.497 e. The van der Waals surface area contributed by atoms with Crippen LogP contribution in [-0.4, -0.2) is 22.7 Å². The van der Waals surface area contributed by atoms with Gasteiger partial charge in [-0.3, -0.25) is 0 Å². The molecule has 0 radical (unpaired) electrons. The zero-order valence-corrected chi connectivity index (χ0v) is 12.3. The van der Waals surface area contributed by atoms with Gasteiger partial charge in [0.2, 0.25) is 0 Å². The van der Waals surface area contributed by atoms with Crippen molar-refractivity contribution in [2.45, 2.75) is 39.3 Å². The van der Waals surface area contributed by atoms with Gasteiger partial charge in [-0.25, -0.2) is 4.98 Å². The Labute approximate surface area is 119 Å². The van der Waals surface area contributed by atoms with Crippen molar-refractivity contribution in [3.8, 4) is 17.0 Å². The van der Waals surface area contributed by atoms with Gasteiger partial charge in [-0.1, -0.05) is 0 Å². The average molecular weight is 271 g/mol. The van der Waals surface area contributed by atoms with Gasteiger partial charge in [-0.15, -0.1) is 0 Å². The van der Waals surface area contributed by atoms with Crippen molar-refractivity contribution in [2.24, 2.45) is 5.73 Å². The van der Waals surface area contributed by atoms with E-state index >= 15 is 0 Å². The van der Waals surface area contributed by atoms with Gasteiger partial charge in [0, 0.05) is 30.8 Å². The molecule has 0 fully saturated rings. The third-order valence-electron chi connectivity index (χ3n) is 4.03. The fraction of sp³-hybridized carbons (Fsp3) is 0.438. The van der Waals surface area contributed by atoms with Gasteiger partial charge >= 0.3 is 0 Å². The molecular formula is C16H21N3O. The van der Waals surface area contributed by atoms with Crippen molar-refractivity contribution in [3.63, 3.8) is 0 Å². The molecule has 0 amide bonds. The zero-order valence-electron chi connectivity index (χ0n) is 12.3. The first-order valence-corrected chi connectivity index (χ1v) is 7.05. The third kappa shape index (κ3) is 2.20. The predicted octanol–water partition coefficient (Wildman–Crippen LogP) is 2.45. The lowest BCUT2D eigenvalue weighted by atomic mass is 10.00. The normalized spacial score (nSPS) is 17.9. The summed E-state index contributed by atoms with van der Waals surface area (Å²) in [5.74, 6) is 2.05. The number of aryl methyl sites for hydroxylation is 3. The van der Waals surface area contributed by atoms with Crippen LogP contribution >= 0.6 is 0 Å². The molecule has 1 atom stereocenters. The second-order valence-electron chi connectivity index (χ2n) is 5.63. The molecule has 4 heteroatoms. The Morgan fingerprint density at radius 2 is 2.00 bits per heavy atom. The summed E-state index contributed by atoms with van der Waals surface area (Å²) in [4.78, 5) is 4.80. The third-order valence-corrected chi connectivity index (χ3v) is 4.03. The van der Waals surface area contributed by atoms with E-state index < -0.39 is 0 Å². The quantitative estimate of drug-likeness (QED) is 0.912. The summed E-state index contributed by atoms with van der Waals surface area (Å²) in [5.41, 5.74) is 10.7. The van der Waals surface area contributed by atoms with Gasteiger partial charge in [0.05, 0.1) is 12.8 Å². The highest BCUT2D eigenvalue weighted by molar-refractivity contribution is 5.68. The van der Waals surface area contributed by atoms with E-state index in [-0.39, 0.29) is 6.04 Å². The van der Waals surface area contributed by atoms with Gasteiger partial charge < -0.3 is 15.0 Å². The monoisotopic (exact) mass is 271 g/mol. The molecule has 0 aliphatic carbocycles. The number of nitrogens with zero attached hydrogens (tertiary/aromatic N) is 2. The average Bonchev–Trinajstić information content (AvgIpc) is 2.80. The first kappa shape index (κ1) is 13.2. The SMILES string of the molecule is COc1cc(C)c(-c2cn3c(n2)CCC(N)C3)c(C)c1. The Morgan fingerprint density at radius 3 is 2.65 bits per heavy atom. The van der Waals surface area contributed by atoms with E-state index in [1.807, 2.05) is 0 Å². The number of aromatic nitrogens is 2. The molecule has 1 aromatic carbocycles. The number of fused-ring (bicyclic) bond motifs is 1. The van der Waals surface area contributed by atoms with Crippen molar-refractivity contribution in [1.29, 1.82) is 0 Å². The molecule has 0 saturated heterocycles.